The van der Waals surface area contributed by atoms with Gasteiger partial charge in [0, 0.05) is 17.0 Å². The molecule has 0 amide bonds. The van der Waals surface area contributed by atoms with Crippen LogP contribution in [-0.4, -0.2) is 70.6 Å². The van der Waals surface area contributed by atoms with Gasteiger partial charge in [0.2, 0.25) is 11.7 Å². The number of hydrogen-bond donors (Lipinski definition) is 1. The molecule has 3 heterocycles. The molecule has 4 aromatic rings. The molecule has 38 heavy (non-hydrogen) atoms. The van der Waals surface area contributed by atoms with Crippen LogP contribution in [0.3, 0.4) is 0 Å². The second kappa shape index (κ2) is 11.1. The number of methoxy groups -OCH3 is 4. The van der Waals surface area contributed by atoms with Crippen LogP contribution in [0, 0.1) is 0 Å². The van der Waals surface area contributed by atoms with Gasteiger partial charge in [0.15, 0.2) is 15.8 Å². The molecule has 196 valence electrons. The fourth-order valence-electron chi connectivity index (χ4n) is 4.06. The minimum absolute atomic E-state index is 0.335. The predicted molar refractivity (Wildman–Crippen MR) is 141 cm³/mol. The molecule has 1 N–H and O–H groups in total. The first-order valence-electron chi connectivity index (χ1n) is 11.3. The van der Waals surface area contributed by atoms with E-state index in [1.54, 1.807) is 12.1 Å². The lowest BCUT2D eigenvalue weighted by molar-refractivity contribution is -0.136. The van der Waals surface area contributed by atoms with Gasteiger partial charge in [-0.1, -0.05) is 58.5 Å². The lowest BCUT2D eigenvalue weighted by atomic mass is 9.95. The van der Waals surface area contributed by atoms with Crippen LogP contribution in [0.5, 0.6) is 17.2 Å². The first-order chi connectivity index (χ1) is 18.6. The molecule has 1 aliphatic heterocycles. The van der Waals surface area contributed by atoms with E-state index < -0.39 is 12.0 Å². The molecule has 1 atom stereocenters. The second-order valence-electron chi connectivity index (χ2n) is 7.84. The third-order valence-corrected chi connectivity index (χ3v) is 7.91. The molecule has 0 radical (unpaired) electrons. The zero-order valence-corrected chi connectivity index (χ0v) is 22.5. The monoisotopic (exact) mass is 553 g/mol. The van der Waals surface area contributed by atoms with Gasteiger partial charge in [-0.05, 0) is 28.1 Å². The van der Waals surface area contributed by atoms with Crippen LogP contribution in [0.25, 0.3) is 10.6 Å². The zero-order chi connectivity index (χ0) is 26.6. The number of rotatable bonds is 9. The van der Waals surface area contributed by atoms with Crippen LogP contribution in [-0.2, 0) is 9.53 Å². The maximum atomic E-state index is 13.2. The van der Waals surface area contributed by atoms with Gasteiger partial charge in [-0.15, -0.1) is 10.2 Å². The van der Waals surface area contributed by atoms with Gasteiger partial charge in [-0.25, -0.2) is 4.79 Å². The van der Waals surface area contributed by atoms with Gasteiger partial charge in [0.05, 0.1) is 34.0 Å². The number of carbonyl (C=O) groups is 1. The number of tetrazole rings is 1. The molecule has 5 rings (SSSR count). The molecule has 0 saturated carbocycles. The summed E-state index contributed by atoms with van der Waals surface area (Å²) in [5.41, 5.74) is 2.55. The first-order valence-corrected chi connectivity index (χ1v) is 13.1. The van der Waals surface area contributed by atoms with Gasteiger partial charge in [0.1, 0.15) is 11.0 Å². The Morgan fingerprint density at radius 1 is 1.03 bits per heavy atom. The second-order valence-corrected chi connectivity index (χ2v) is 10.0. The third kappa shape index (κ3) is 4.75. The fraction of sp³-hybridized carbons (Fsp3) is 0.250. The molecule has 1 aliphatic rings. The number of fused-ring (bicyclic) bond motifs is 1. The molecule has 12 nitrogen and oxygen atoms in total. The number of carbonyl (C=O) groups excluding carboxylic acids is 1. The number of benzene rings is 2. The van der Waals surface area contributed by atoms with Crippen molar-refractivity contribution in [2.45, 2.75) is 10.4 Å². The molecule has 1 unspecified atom stereocenters. The van der Waals surface area contributed by atoms with Gasteiger partial charge in [-0.2, -0.15) is 4.68 Å². The molecule has 0 bridgehead atoms. The minimum Gasteiger partial charge on any atom is -0.493 e. The van der Waals surface area contributed by atoms with Crippen molar-refractivity contribution in [2.75, 3.05) is 39.5 Å². The number of aromatic nitrogens is 6. The number of hydrogen-bond acceptors (Lipinski definition) is 13. The van der Waals surface area contributed by atoms with Gasteiger partial charge < -0.3 is 24.3 Å². The lowest BCUT2D eigenvalue weighted by Gasteiger charge is -2.29. The Morgan fingerprint density at radius 2 is 1.76 bits per heavy atom. The largest absolute Gasteiger partial charge is 0.493 e. The molecule has 0 saturated heterocycles. The average molecular weight is 554 g/mol. The quantitative estimate of drug-likeness (QED) is 0.240. The zero-order valence-electron chi connectivity index (χ0n) is 20.9. The molecule has 14 heteroatoms. The predicted octanol–water partition coefficient (Wildman–Crippen LogP) is 3.45. The minimum atomic E-state index is -0.729. The van der Waals surface area contributed by atoms with Crippen molar-refractivity contribution in [3.05, 3.63) is 59.3 Å². The number of thioether (sulfide) groups is 1. The molecule has 0 aliphatic carbocycles. The Labute approximate surface area is 226 Å². The average Bonchev–Trinajstić information content (AvgIpc) is 3.64. The van der Waals surface area contributed by atoms with E-state index in [0.717, 1.165) is 14.9 Å². The summed E-state index contributed by atoms with van der Waals surface area (Å²) >= 11 is 2.91. The van der Waals surface area contributed by atoms with Crippen LogP contribution >= 0.6 is 23.1 Å². The van der Waals surface area contributed by atoms with E-state index in [1.165, 1.54) is 56.2 Å². The molecular weight excluding hydrogens is 530 g/mol. The lowest BCUT2D eigenvalue weighted by Crippen LogP contribution is -2.31. The standard InChI is InChI=1S/C24H23N7O5S2/c1-33-16-10-14(11-17(34-2)20(16)35-3)19-18(22(32)36-4)15(25-23-27-29-30-31(19)23)12-37-24-28-26-21(38-24)13-8-6-5-7-9-13/h5-11,19H,12H2,1-4H3,(H,25,27,30). The number of nitrogens with zero attached hydrogens (tertiary/aromatic N) is 6. The topological polar surface area (TPSA) is 135 Å². The third-order valence-electron chi connectivity index (χ3n) is 5.77. The smallest absolute Gasteiger partial charge is 0.338 e. The summed E-state index contributed by atoms with van der Waals surface area (Å²) in [6.07, 6.45) is 0. The molecule has 0 spiro atoms. The van der Waals surface area contributed by atoms with Gasteiger partial charge >= 0.3 is 5.97 Å². The maximum absolute atomic E-state index is 13.2. The summed E-state index contributed by atoms with van der Waals surface area (Å²) in [5.74, 6) is 1.48. The van der Waals surface area contributed by atoms with Crippen molar-refractivity contribution in [2.24, 2.45) is 0 Å². The molecule has 2 aromatic carbocycles. The number of esters is 1. The van der Waals surface area contributed by atoms with E-state index in [2.05, 4.69) is 31.0 Å². The van der Waals surface area contributed by atoms with Gasteiger partial charge in [-0.3, -0.25) is 0 Å². The van der Waals surface area contributed by atoms with Gasteiger partial charge in [0.25, 0.3) is 0 Å². The normalized spacial score (nSPS) is 14.5. The highest BCUT2D eigenvalue weighted by Gasteiger charge is 2.37. The van der Waals surface area contributed by atoms with Crippen molar-refractivity contribution >= 4 is 35.0 Å². The van der Waals surface area contributed by atoms with E-state index >= 15 is 0 Å². The number of anilines is 1. The van der Waals surface area contributed by atoms with Crippen LogP contribution in [0.15, 0.2) is 58.1 Å². The molecule has 0 fully saturated rings. The summed E-state index contributed by atoms with van der Waals surface area (Å²) in [7, 11) is 5.90. The summed E-state index contributed by atoms with van der Waals surface area (Å²) in [5, 5.41) is 24.7. The van der Waals surface area contributed by atoms with Crippen molar-refractivity contribution in [1.29, 1.82) is 0 Å². The summed E-state index contributed by atoms with van der Waals surface area (Å²) in [6.45, 7) is 0. The molecule has 2 aromatic heterocycles. The highest BCUT2D eigenvalue weighted by atomic mass is 32.2. The van der Waals surface area contributed by atoms with Crippen molar-refractivity contribution in [1.82, 2.24) is 30.4 Å². The first kappa shape index (κ1) is 25.5. The van der Waals surface area contributed by atoms with Crippen LogP contribution in [0.2, 0.25) is 0 Å². The van der Waals surface area contributed by atoms with Crippen LogP contribution in [0.4, 0.5) is 5.95 Å². The Balaban J connectivity index is 1.55. The fourth-order valence-corrected chi connectivity index (χ4v) is 5.89. The maximum Gasteiger partial charge on any atom is 0.338 e. The van der Waals surface area contributed by atoms with E-state index in [9.17, 15) is 4.79 Å². The van der Waals surface area contributed by atoms with Crippen LogP contribution in [0.1, 0.15) is 11.6 Å². The Morgan fingerprint density at radius 3 is 2.42 bits per heavy atom. The van der Waals surface area contributed by atoms with E-state index in [4.69, 9.17) is 18.9 Å². The van der Waals surface area contributed by atoms with Crippen molar-refractivity contribution < 1.29 is 23.7 Å². The molecular formula is C24H23N7O5S2. The van der Waals surface area contributed by atoms with Crippen LogP contribution < -0.4 is 19.5 Å². The number of ether oxygens (including phenoxy) is 4. The van der Waals surface area contributed by atoms with E-state index in [1.807, 2.05) is 30.3 Å². The summed E-state index contributed by atoms with van der Waals surface area (Å²) in [6, 6.07) is 12.6. The summed E-state index contributed by atoms with van der Waals surface area (Å²) < 4.78 is 24.0. The Kier molecular flexibility index (Phi) is 7.42. The Bertz CT molecular complexity index is 1460. The van der Waals surface area contributed by atoms with Crippen molar-refractivity contribution in [3.63, 3.8) is 0 Å². The number of nitrogens with one attached hydrogen (secondary N) is 1. The van der Waals surface area contributed by atoms with Crippen molar-refractivity contribution in [3.8, 4) is 27.8 Å². The van der Waals surface area contributed by atoms with E-state index in [0.29, 0.717) is 45.8 Å². The Hall–Kier alpha value is -4.17. The summed E-state index contributed by atoms with van der Waals surface area (Å²) in [4.78, 5) is 13.2. The van der Waals surface area contributed by atoms with E-state index in [-0.39, 0.29) is 0 Å². The highest BCUT2D eigenvalue weighted by molar-refractivity contribution is 8.01. The highest BCUT2D eigenvalue weighted by Crippen LogP contribution is 2.44. The SMILES string of the molecule is COC(=O)C1=C(CSc2nnc(-c3ccccc3)s2)Nc2nnnn2C1c1cc(OC)c(OC)c(OC)c1.